The van der Waals surface area contributed by atoms with Gasteiger partial charge in [0, 0.05) is 24.6 Å². The number of hydrogen-bond donors (Lipinski definition) is 1. The molecule has 1 aromatic carbocycles. The van der Waals surface area contributed by atoms with Crippen molar-refractivity contribution in [1.82, 2.24) is 15.1 Å². The average Bonchev–Trinajstić information content (AvgIpc) is 2.75. The molecule has 0 fully saturated rings. The molecule has 0 spiro atoms. The summed E-state index contributed by atoms with van der Waals surface area (Å²) in [6.07, 6.45) is 8.27. The highest BCUT2D eigenvalue weighted by Crippen LogP contribution is 2.20. The molecule has 1 aromatic heterocycles. The van der Waals surface area contributed by atoms with Gasteiger partial charge in [-0.05, 0) is 69.4 Å². The lowest BCUT2D eigenvalue weighted by molar-refractivity contribution is -0.121. The summed E-state index contributed by atoms with van der Waals surface area (Å²) in [6, 6.07) is 10.8. The highest BCUT2D eigenvalue weighted by molar-refractivity contribution is 5.75. The van der Waals surface area contributed by atoms with Crippen LogP contribution in [0, 0.1) is 0 Å². The van der Waals surface area contributed by atoms with E-state index < -0.39 is 0 Å². The number of allylic oxidation sites excluding steroid dienone is 1. The molecular formula is C23H29N3O3. The van der Waals surface area contributed by atoms with Crippen LogP contribution in [-0.4, -0.2) is 28.8 Å². The van der Waals surface area contributed by atoms with Crippen LogP contribution in [0.2, 0.25) is 0 Å². The predicted octanol–water partition coefficient (Wildman–Crippen LogP) is 3.71. The van der Waals surface area contributed by atoms with E-state index >= 15 is 0 Å². The van der Waals surface area contributed by atoms with Gasteiger partial charge in [0.1, 0.15) is 5.75 Å². The molecule has 0 bridgehead atoms. The maximum Gasteiger partial charge on any atom is 0.266 e. The molecule has 1 aliphatic rings. The van der Waals surface area contributed by atoms with Crippen LogP contribution in [0.1, 0.15) is 45.4 Å². The number of benzene rings is 1. The van der Waals surface area contributed by atoms with Gasteiger partial charge in [-0.25, -0.2) is 4.68 Å². The smallest absolute Gasteiger partial charge is 0.266 e. The quantitative estimate of drug-likeness (QED) is 0.657. The predicted molar refractivity (Wildman–Crippen MR) is 114 cm³/mol. The van der Waals surface area contributed by atoms with Crippen molar-refractivity contribution in [2.24, 2.45) is 0 Å². The van der Waals surface area contributed by atoms with E-state index in [1.54, 1.807) is 6.07 Å². The van der Waals surface area contributed by atoms with Gasteiger partial charge in [-0.1, -0.05) is 11.6 Å². The first kappa shape index (κ1) is 20.8. The average molecular weight is 396 g/mol. The number of aromatic nitrogens is 2. The van der Waals surface area contributed by atoms with Gasteiger partial charge in [0.15, 0.2) is 0 Å². The van der Waals surface area contributed by atoms with E-state index in [0.717, 1.165) is 30.6 Å². The van der Waals surface area contributed by atoms with Crippen LogP contribution in [0.5, 0.6) is 5.75 Å². The van der Waals surface area contributed by atoms with Crippen LogP contribution in [-0.2, 0) is 11.3 Å². The molecule has 0 aliphatic heterocycles. The fourth-order valence-electron chi connectivity index (χ4n) is 3.44. The highest BCUT2D eigenvalue weighted by atomic mass is 16.5. The second-order valence-electron chi connectivity index (χ2n) is 7.20. The van der Waals surface area contributed by atoms with E-state index in [9.17, 15) is 9.59 Å². The number of ether oxygens (including phenoxy) is 1. The van der Waals surface area contributed by atoms with Crippen molar-refractivity contribution in [3.63, 3.8) is 0 Å². The molecule has 0 atom stereocenters. The zero-order chi connectivity index (χ0) is 20.5. The van der Waals surface area contributed by atoms with Gasteiger partial charge in [0.25, 0.3) is 5.56 Å². The van der Waals surface area contributed by atoms with Crippen LogP contribution in [0.25, 0.3) is 11.3 Å². The number of aryl methyl sites for hydroxylation is 1. The Bertz CT molecular complexity index is 900. The van der Waals surface area contributed by atoms with Gasteiger partial charge in [0.05, 0.1) is 18.8 Å². The molecule has 0 radical (unpaired) electrons. The van der Waals surface area contributed by atoms with Crippen molar-refractivity contribution in [3.05, 3.63) is 58.4 Å². The summed E-state index contributed by atoms with van der Waals surface area (Å²) in [5.74, 6) is 0.742. The Labute approximate surface area is 171 Å². The minimum atomic E-state index is -0.208. The summed E-state index contributed by atoms with van der Waals surface area (Å²) in [5.41, 5.74) is 2.82. The zero-order valence-electron chi connectivity index (χ0n) is 17.0. The number of nitrogens with one attached hydrogen (secondary N) is 1. The van der Waals surface area contributed by atoms with Gasteiger partial charge in [-0.15, -0.1) is 0 Å². The second kappa shape index (κ2) is 10.6. The lowest BCUT2D eigenvalue weighted by Gasteiger charge is -2.13. The molecule has 29 heavy (non-hydrogen) atoms. The lowest BCUT2D eigenvalue weighted by Crippen LogP contribution is -2.29. The van der Waals surface area contributed by atoms with Gasteiger partial charge < -0.3 is 10.1 Å². The number of nitrogens with zero attached hydrogens (tertiary/aromatic N) is 2. The maximum atomic E-state index is 12.1. The Morgan fingerprint density at radius 3 is 2.72 bits per heavy atom. The first-order chi connectivity index (χ1) is 14.2. The van der Waals surface area contributed by atoms with Crippen molar-refractivity contribution < 1.29 is 9.53 Å². The minimum absolute atomic E-state index is 0.0541. The summed E-state index contributed by atoms with van der Waals surface area (Å²) in [5, 5.41) is 7.37. The van der Waals surface area contributed by atoms with E-state index in [4.69, 9.17) is 4.74 Å². The van der Waals surface area contributed by atoms with Crippen molar-refractivity contribution in [3.8, 4) is 17.0 Å². The number of amides is 1. The Balaban J connectivity index is 1.53. The second-order valence-corrected chi connectivity index (χ2v) is 7.20. The molecule has 1 heterocycles. The van der Waals surface area contributed by atoms with Crippen LogP contribution < -0.4 is 15.6 Å². The van der Waals surface area contributed by atoms with Crippen molar-refractivity contribution in [2.45, 2.75) is 52.0 Å². The largest absolute Gasteiger partial charge is 0.494 e. The molecule has 2 aromatic rings. The molecule has 1 N–H and O–H groups in total. The summed E-state index contributed by atoms with van der Waals surface area (Å²) in [6.45, 7) is 3.47. The number of rotatable bonds is 9. The van der Waals surface area contributed by atoms with Crippen LogP contribution in [0.3, 0.4) is 0 Å². The molecule has 6 nitrogen and oxygen atoms in total. The summed E-state index contributed by atoms with van der Waals surface area (Å²) < 4.78 is 6.81. The van der Waals surface area contributed by atoms with E-state index in [2.05, 4.69) is 16.5 Å². The molecule has 6 heteroatoms. The Kier molecular flexibility index (Phi) is 7.61. The first-order valence-electron chi connectivity index (χ1n) is 10.4. The number of carbonyl (C=O) groups is 1. The Morgan fingerprint density at radius 1 is 1.17 bits per heavy atom. The molecule has 0 saturated carbocycles. The van der Waals surface area contributed by atoms with E-state index in [-0.39, 0.29) is 24.4 Å². The fraction of sp³-hybridized carbons (Fsp3) is 0.435. The molecule has 154 valence electrons. The van der Waals surface area contributed by atoms with E-state index in [1.807, 2.05) is 31.2 Å². The van der Waals surface area contributed by atoms with Gasteiger partial charge >= 0.3 is 0 Å². The van der Waals surface area contributed by atoms with E-state index in [1.165, 1.54) is 29.2 Å². The van der Waals surface area contributed by atoms with Gasteiger partial charge in [0.2, 0.25) is 5.91 Å². The topological polar surface area (TPSA) is 73.2 Å². The van der Waals surface area contributed by atoms with Crippen molar-refractivity contribution in [2.75, 3.05) is 13.2 Å². The Morgan fingerprint density at radius 2 is 2.00 bits per heavy atom. The minimum Gasteiger partial charge on any atom is -0.494 e. The zero-order valence-corrected chi connectivity index (χ0v) is 17.0. The number of hydrogen-bond acceptors (Lipinski definition) is 4. The lowest BCUT2D eigenvalue weighted by atomic mass is 9.97. The third kappa shape index (κ3) is 6.31. The summed E-state index contributed by atoms with van der Waals surface area (Å²) in [4.78, 5) is 24.3. The van der Waals surface area contributed by atoms with Crippen molar-refractivity contribution >= 4 is 5.91 Å². The molecular weight excluding hydrogens is 366 g/mol. The monoisotopic (exact) mass is 395 g/mol. The molecule has 3 rings (SSSR count). The highest BCUT2D eigenvalue weighted by Gasteiger charge is 2.08. The number of carbonyl (C=O) groups excluding carboxylic acids is 1. The van der Waals surface area contributed by atoms with Gasteiger partial charge in [-0.2, -0.15) is 5.10 Å². The van der Waals surface area contributed by atoms with Crippen LogP contribution >= 0.6 is 0 Å². The molecule has 1 aliphatic carbocycles. The fourth-order valence-corrected chi connectivity index (χ4v) is 3.44. The van der Waals surface area contributed by atoms with Crippen LogP contribution in [0.15, 0.2) is 52.8 Å². The molecule has 0 unspecified atom stereocenters. The Hall–Kier alpha value is -2.89. The SMILES string of the molecule is CCOc1ccc(-c2ccc(=O)n(CCC(=O)NCCC3=CCCCC3)n2)cc1. The maximum absolute atomic E-state index is 12.1. The summed E-state index contributed by atoms with van der Waals surface area (Å²) >= 11 is 0. The first-order valence-corrected chi connectivity index (χ1v) is 10.4. The van der Waals surface area contributed by atoms with Crippen LogP contribution in [0.4, 0.5) is 0 Å². The molecule has 0 saturated heterocycles. The van der Waals surface area contributed by atoms with Crippen molar-refractivity contribution in [1.29, 1.82) is 0 Å². The third-order valence-corrected chi connectivity index (χ3v) is 5.03. The van der Waals surface area contributed by atoms with Gasteiger partial charge in [-0.3, -0.25) is 9.59 Å². The molecule has 1 amide bonds. The summed E-state index contributed by atoms with van der Waals surface area (Å²) in [7, 11) is 0. The standard InChI is InChI=1S/C23H29N3O3/c1-2-29-20-10-8-19(9-11-20)21-12-13-23(28)26(25-21)17-15-22(27)24-16-14-18-6-4-3-5-7-18/h6,8-13H,2-5,7,14-17H2,1H3,(H,24,27). The normalized spacial score (nSPS) is 13.6. The van der Waals surface area contributed by atoms with E-state index in [0.29, 0.717) is 18.8 Å². The third-order valence-electron chi connectivity index (χ3n) is 5.03.